The molecule has 3 heterocycles. The number of ether oxygens (including phenoxy) is 2. The predicted octanol–water partition coefficient (Wildman–Crippen LogP) is 1.66. The van der Waals surface area contributed by atoms with Gasteiger partial charge in [0.15, 0.2) is 11.8 Å². The molecule has 2 aromatic heterocycles. The second-order valence-corrected chi connectivity index (χ2v) is 7.61. The van der Waals surface area contributed by atoms with Gasteiger partial charge in [-0.1, -0.05) is 5.16 Å². The number of nitrogens with two attached hydrogens (primary N) is 1. The normalized spacial score (nSPS) is 18.7. The first kappa shape index (κ1) is 24.4. The van der Waals surface area contributed by atoms with Gasteiger partial charge < -0.3 is 25.0 Å². The van der Waals surface area contributed by atoms with Gasteiger partial charge >= 0.3 is 6.18 Å². The largest absolute Gasteiger partial charge is 0.481 e. The lowest BCUT2D eigenvalue weighted by atomic mass is 9.94. The molecule has 1 saturated heterocycles. The van der Waals surface area contributed by atoms with Gasteiger partial charge in [-0.2, -0.15) is 18.2 Å². The number of carbonyl (C=O) groups excluding carboxylic acids is 1. The van der Waals surface area contributed by atoms with Gasteiger partial charge in [-0.3, -0.25) is 9.78 Å². The second-order valence-electron chi connectivity index (χ2n) is 7.61. The molecule has 2 atom stereocenters. The maximum absolute atomic E-state index is 15.0. The first-order valence-electron chi connectivity index (χ1n) is 9.69. The number of pyridine rings is 1. The van der Waals surface area contributed by atoms with Crippen molar-refractivity contribution in [2.75, 3.05) is 20.3 Å². The predicted molar refractivity (Wildman–Crippen MR) is 105 cm³/mol. The monoisotopic (exact) mass is 474 g/mol. The summed E-state index contributed by atoms with van der Waals surface area (Å²) in [6.45, 7) is 2.94. The topological polar surface area (TPSA) is 138 Å². The van der Waals surface area contributed by atoms with E-state index < -0.39 is 35.1 Å². The minimum Gasteiger partial charge on any atom is -0.481 e. The standard InChI is InChI=1S/C19H22F4N6O4/c1-9(19(21,22)23)32-13-5-12(26-6-11(13)18(20)7-31-8-18)14(24)28-17(3,16(30)25-4)15-27-10(2)33-29-15/h5-6,9H,7-8H2,1-4H3,(H2,24,28)(H,25,30)/t9-,17?/m0/s1. The molecule has 33 heavy (non-hydrogen) atoms. The van der Waals surface area contributed by atoms with Crippen LogP contribution >= 0.6 is 0 Å². The van der Waals surface area contributed by atoms with Crippen molar-refractivity contribution < 1.29 is 36.4 Å². The van der Waals surface area contributed by atoms with Crippen LogP contribution in [0.25, 0.3) is 0 Å². The van der Waals surface area contributed by atoms with E-state index in [1.807, 2.05) is 0 Å². The van der Waals surface area contributed by atoms with Crippen molar-refractivity contribution in [1.82, 2.24) is 20.4 Å². The summed E-state index contributed by atoms with van der Waals surface area (Å²) >= 11 is 0. The molecule has 1 aliphatic rings. The Hall–Kier alpha value is -3.29. The molecule has 180 valence electrons. The smallest absolute Gasteiger partial charge is 0.425 e. The molecule has 3 N–H and O–H groups in total. The molecule has 0 radical (unpaired) electrons. The number of nitrogens with one attached hydrogen (secondary N) is 1. The Bertz CT molecular complexity index is 1070. The van der Waals surface area contributed by atoms with E-state index in [4.69, 9.17) is 19.7 Å². The van der Waals surface area contributed by atoms with Crippen LogP contribution < -0.4 is 15.8 Å². The Morgan fingerprint density at radius 3 is 2.55 bits per heavy atom. The van der Waals surface area contributed by atoms with Crippen LogP contribution in [0.5, 0.6) is 5.75 Å². The third-order valence-corrected chi connectivity index (χ3v) is 5.01. The van der Waals surface area contributed by atoms with Gasteiger partial charge in [0.1, 0.15) is 17.3 Å². The SMILES string of the molecule is CNC(=O)C(C)(N=C(N)c1cc(O[C@@H](C)C(F)(F)F)c(C2(F)COC2)cn1)c1noc(C)n1. The van der Waals surface area contributed by atoms with Gasteiger partial charge in [0.25, 0.3) is 5.91 Å². The first-order valence-corrected chi connectivity index (χ1v) is 9.69. The van der Waals surface area contributed by atoms with Gasteiger partial charge in [-0.25, -0.2) is 9.38 Å². The zero-order valence-corrected chi connectivity index (χ0v) is 18.2. The van der Waals surface area contributed by atoms with E-state index in [-0.39, 0.29) is 42.0 Å². The number of hydrogen-bond donors (Lipinski definition) is 2. The molecule has 0 aliphatic carbocycles. The van der Waals surface area contributed by atoms with Crippen molar-refractivity contribution in [2.45, 2.75) is 44.3 Å². The lowest BCUT2D eigenvalue weighted by molar-refractivity contribution is -0.190. The Kier molecular flexibility index (Phi) is 6.33. The van der Waals surface area contributed by atoms with Crippen molar-refractivity contribution in [3.63, 3.8) is 0 Å². The number of amidine groups is 1. The molecule has 1 amide bonds. The van der Waals surface area contributed by atoms with E-state index in [9.17, 15) is 22.4 Å². The van der Waals surface area contributed by atoms with E-state index in [0.29, 0.717) is 0 Å². The van der Waals surface area contributed by atoms with Crippen molar-refractivity contribution in [2.24, 2.45) is 10.7 Å². The Balaban J connectivity index is 2.06. The fraction of sp³-hybridized carbons (Fsp3) is 0.526. The van der Waals surface area contributed by atoms with E-state index in [0.717, 1.165) is 19.2 Å². The summed E-state index contributed by atoms with van der Waals surface area (Å²) in [4.78, 5) is 24.7. The number of nitrogens with zero attached hydrogens (tertiary/aromatic N) is 4. The van der Waals surface area contributed by atoms with Crippen LogP contribution in [0.3, 0.4) is 0 Å². The Morgan fingerprint density at radius 1 is 1.39 bits per heavy atom. The lowest BCUT2D eigenvalue weighted by Gasteiger charge is -2.35. The molecule has 14 heteroatoms. The first-order chi connectivity index (χ1) is 15.3. The number of aliphatic imine (C=N–C) groups is 1. The quantitative estimate of drug-likeness (QED) is 0.351. The zero-order chi connectivity index (χ0) is 24.6. The highest BCUT2D eigenvalue weighted by Crippen LogP contribution is 2.40. The summed E-state index contributed by atoms with van der Waals surface area (Å²) in [5, 5.41) is 6.12. The summed E-state index contributed by atoms with van der Waals surface area (Å²) in [6.07, 6.45) is -5.93. The molecule has 0 bridgehead atoms. The molecule has 1 unspecified atom stereocenters. The van der Waals surface area contributed by atoms with Crippen molar-refractivity contribution >= 4 is 11.7 Å². The van der Waals surface area contributed by atoms with E-state index in [1.165, 1.54) is 20.9 Å². The van der Waals surface area contributed by atoms with Crippen LogP contribution in [0.2, 0.25) is 0 Å². The number of likely N-dealkylation sites (N-methyl/N-ethyl adjacent to an activating group) is 1. The molecule has 0 spiro atoms. The van der Waals surface area contributed by atoms with Gasteiger partial charge in [0, 0.05) is 26.2 Å². The van der Waals surface area contributed by atoms with Gasteiger partial charge in [-0.05, 0) is 13.8 Å². The lowest BCUT2D eigenvalue weighted by Crippen LogP contribution is -2.44. The summed E-state index contributed by atoms with van der Waals surface area (Å²) in [7, 11) is 1.36. The van der Waals surface area contributed by atoms with Crippen LogP contribution in [-0.4, -0.2) is 59.4 Å². The molecular formula is C19H22F4N6O4. The highest BCUT2D eigenvalue weighted by molar-refractivity contribution is 5.99. The zero-order valence-electron chi connectivity index (χ0n) is 18.2. The van der Waals surface area contributed by atoms with Gasteiger partial charge in [0.2, 0.25) is 17.3 Å². The summed E-state index contributed by atoms with van der Waals surface area (Å²) < 4.78 is 69.0. The third kappa shape index (κ3) is 4.74. The molecule has 0 aromatic carbocycles. The van der Waals surface area contributed by atoms with Crippen LogP contribution in [0.4, 0.5) is 17.6 Å². The average Bonchev–Trinajstić information content (AvgIpc) is 3.17. The molecule has 1 aliphatic heterocycles. The van der Waals surface area contributed by atoms with Gasteiger partial charge in [-0.15, -0.1) is 0 Å². The summed E-state index contributed by atoms with van der Waals surface area (Å²) in [5.74, 6) is -1.35. The Labute approximate surface area is 185 Å². The number of aryl methyl sites for hydroxylation is 1. The maximum Gasteiger partial charge on any atom is 0.425 e. The number of halogens is 4. The van der Waals surface area contributed by atoms with Crippen molar-refractivity contribution in [1.29, 1.82) is 0 Å². The number of amides is 1. The highest BCUT2D eigenvalue weighted by atomic mass is 19.4. The van der Waals surface area contributed by atoms with Crippen LogP contribution in [0.1, 0.15) is 36.8 Å². The van der Waals surface area contributed by atoms with Crippen LogP contribution in [0.15, 0.2) is 21.8 Å². The minimum absolute atomic E-state index is 0.101. The minimum atomic E-state index is -4.70. The summed E-state index contributed by atoms with van der Waals surface area (Å²) in [6, 6.07) is 1.03. The molecule has 2 aromatic rings. The molecular weight excluding hydrogens is 452 g/mol. The van der Waals surface area contributed by atoms with E-state index in [2.05, 4.69) is 25.4 Å². The highest BCUT2D eigenvalue weighted by Gasteiger charge is 2.46. The maximum atomic E-state index is 15.0. The second kappa shape index (κ2) is 8.57. The van der Waals surface area contributed by atoms with E-state index in [1.54, 1.807) is 0 Å². The number of hydrogen-bond acceptors (Lipinski definition) is 8. The summed E-state index contributed by atoms with van der Waals surface area (Å²) in [5.41, 5.74) is 1.86. The number of alkyl halides is 4. The number of aromatic nitrogens is 3. The fourth-order valence-corrected chi connectivity index (χ4v) is 2.95. The third-order valence-electron chi connectivity index (χ3n) is 5.01. The molecule has 3 rings (SSSR count). The number of rotatable bonds is 7. The molecule has 0 saturated carbocycles. The van der Waals surface area contributed by atoms with Crippen molar-refractivity contribution in [3.8, 4) is 5.75 Å². The van der Waals surface area contributed by atoms with Crippen molar-refractivity contribution in [3.05, 3.63) is 35.2 Å². The molecule has 1 fully saturated rings. The Morgan fingerprint density at radius 2 is 2.06 bits per heavy atom. The van der Waals surface area contributed by atoms with Crippen LogP contribution in [-0.2, 0) is 20.7 Å². The average molecular weight is 474 g/mol. The number of carbonyl (C=O) groups is 1. The van der Waals surface area contributed by atoms with E-state index >= 15 is 0 Å². The van der Waals surface area contributed by atoms with Gasteiger partial charge in [0.05, 0.1) is 18.8 Å². The molecule has 10 nitrogen and oxygen atoms in total. The fourth-order valence-electron chi connectivity index (χ4n) is 2.95. The van der Waals surface area contributed by atoms with Crippen LogP contribution in [0, 0.1) is 6.92 Å².